The van der Waals surface area contributed by atoms with E-state index < -0.39 is 17.3 Å². The van der Waals surface area contributed by atoms with Crippen LogP contribution in [0, 0.1) is 0 Å². The van der Waals surface area contributed by atoms with Crippen LogP contribution in [0.4, 0.5) is 0 Å². The highest BCUT2D eigenvalue weighted by molar-refractivity contribution is 7.35. The Morgan fingerprint density at radius 3 is 2.33 bits per heavy atom. The van der Waals surface area contributed by atoms with E-state index in [-0.39, 0.29) is 21.1 Å². The van der Waals surface area contributed by atoms with Crippen molar-refractivity contribution in [1.29, 1.82) is 0 Å². The van der Waals surface area contributed by atoms with Crippen molar-refractivity contribution in [2.75, 3.05) is 13.7 Å². The van der Waals surface area contributed by atoms with E-state index in [4.69, 9.17) is 0 Å². The lowest BCUT2D eigenvalue weighted by atomic mass is 10.5. The van der Waals surface area contributed by atoms with Crippen LogP contribution >= 0.6 is 8.73 Å². The molecular formula is C10H19N4O3P. The first-order valence-electron chi connectivity index (χ1n) is 5.70. The van der Waals surface area contributed by atoms with Gasteiger partial charge in [0.1, 0.15) is 0 Å². The van der Waals surface area contributed by atoms with Crippen LogP contribution in [0.1, 0.15) is 31.4 Å². The normalized spacial score (nSPS) is 10.1. The van der Waals surface area contributed by atoms with Gasteiger partial charge in [-0.25, -0.2) is 14.2 Å². The molecule has 1 rings (SSSR count). The van der Waals surface area contributed by atoms with Crippen LogP contribution in [0.25, 0.3) is 0 Å². The zero-order valence-corrected chi connectivity index (χ0v) is 12.3. The minimum Gasteiger partial charge on any atom is -0.352 e. The molecule has 0 saturated carbocycles. The highest BCUT2D eigenvalue weighted by Gasteiger charge is 2.16. The van der Waals surface area contributed by atoms with Gasteiger partial charge in [-0.05, 0) is 22.3 Å². The van der Waals surface area contributed by atoms with Gasteiger partial charge in [0.25, 0.3) is 5.91 Å². The molecule has 0 radical (unpaired) electrons. The highest BCUT2D eigenvalue weighted by atomic mass is 31.1. The first-order valence-corrected chi connectivity index (χ1v) is 7.15. The minimum absolute atomic E-state index is 0.0404. The van der Waals surface area contributed by atoms with E-state index in [2.05, 4.69) is 10.3 Å². The molecule has 0 aromatic carbocycles. The SMILES string of the molecule is CC.CCn1c(=O)nc(C(=O)NC)n(PC)c1=O. The molecule has 1 N–H and O–H groups in total. The number of rotatable bonds is 3. The molecule has 1 unspecified atom stereocenters. The maximum atomic E-state index is 11.8. The van der Waals surface area contributed by atoms with E-state index in [1.54, 1.807) is 13.6 Å². The monoisotopic (exact) mass is 274 g/mol. The number of amides is 1. The number of hydrogen-bond donors (Lipinski definition) is 1. The third kappa shape index (κ3) is 3.26. The van der Waals surface area contributed by atoms with Gasteiger partial charge in [0, 0.05) is 13.6 Å². The average molecular weight is 274 g/mol. The number of nitrogens with one attached hydrogen (secondary N) is 1. The Morgan fingerprint density at radius 1 is 1.39 bits per heavy atom. The number of hydrogen-bond acceptors (Lipinski definition) is 4. The van der Waals surface area contributed by atoms with Crippen molar-refractivity contribution in [3.63, 3.8) is 0 Å². The molecule has 1 aromatic heterocycles. The number of aromatic nitrogens is 3. The molecule has 0 aliphatic carbocycles. The summed E-state index contributed by atoms with van der Waals surface area (Å²) in [4.78, 5) is 38.3. The van der Waals surface area contributed by atoms with Crippen molar-refractivity contribution in [1.82, 2.24) is 19.2 Å². The van der Waals surface area contributed by atoms with E-state index in [1.165, 1.54) is 11.4 Å². The molecular weight excluding hydrogens is 255 g/mol. The summed E-state index contributed by atoms with van der Waals surface area (Å²) < 4.78 is 2.19. The van der Waals surface area contributed by atoms with Crippen molar-refractivity contribution in [3.8, 4) is 0 Å². The van der Waals surface area contributed by atoms with Gasteiger partial charge in [-0.2, -0.15) is 4.98 Å². The smallest absolute Gasteiger partial charge is 0.352 e. The Bertz CT molecular complexity index is 521. The fourth-order valence-electron chi connectivity index (χ4n) is 1.23. The van der Waals surface area contributed by atoms with Gasteiger partial charge in [-0.3, -0.25) is 9.13 Å². The van der Waals surface area contributed by atoms with Gasteiger partial charge >= 0.3 is 11.4 Å². The third-order valence-corrected chi connectivity index (χ3v) is 2.89. The second-order valence-electron chi connectivity index (χ2n) is 2.88. The summed E-state index contributed by atoms with van der Waals surface area (Å²) in [6.07, 6.45) is 0. The first-order chi connectivity index (χ1) is 8.56. The van der Waals surface area contributed by atoms with Crippen molar-refractivity contribution in [2.45, 2.75) is 27.3 Å². The molecule has 0 aliphatic heterocycles. The second-order valence-corrected chi connectivity index (χ2v) is 3.78. The number of nitrogens with zero attached hydrogens (tertiary/aromatic N) is 3. The average Bonchev–Trinajstić information content (AvgIpc) is 2.40. The zero-order valence-electron chi connectivity index (χ0n) is 11.3. The quantitative estimate of drug-likeness (QED) is 0.779. The van der Waals surface area contributed by atoms with Gasteiger partial charge in [0.15, 0.2) is 0 Å². The molecule has 0 bridgehead atoms. The van der Waals surface area contributed by atoms with Crippen LogP contribution in [0.3, 0.4) is 0 Å². The van der Waals surface area contributed by atoms with Crippen LogP contribution in [0.2, 0.25) is 0 Å². The second kappa shape index (κ2) is 7.76. The molecule has 1 amide bonds. The van der Waals surface area contributed by atoms with E-state index in [9.17, 15) is 14.4 Å². The molecule has 0 saturated heterocycles. The van der Waals surface area contributed by atoms with Crippen molar-refractivity contribution in [2.24, 2.45) is 0 Å². The van der Waals surface area contributed by atoms with Crippen molar-refractivity contribution in [3.05, 3.63) is 26.8 Å². The van der Waals surface area contributed by atoms with Crippen molar-refractivity contribution < 1.29 is 4.79 Å². The summed E-state index contributed by atoms with van der Waals surface area (Å²) >= 11 is 0. The largest absolute Gasteiger partial charge is 0.353 e. The van der Waals surface area contributed by atoms with Crippen LogP contribution in [-0.4, -0.2) is 33.5 Å². The molecule has 0 spiro atoms. The number of carbonyl (C=O) groups is 1. The van der Waals surface area contributed by atoms with Crippen LogP contribution in [0.15, 0.2) is 9.59 Å². The molecule has 1 atom stereocenters. The summed E-state index contributed by atoms with van der Waals surface area (Å²) in [5, 5.41) is 2.34. The van der Waals surface area contributed by atoms with Gasteiger partial charge in [-0.1, -0.05) is 13.8 Å². The molecule has 7 nitrogen and oxygen atoms in total. The van der Waals surface area contributed by atoms with Crippen LogP contribution in [-0.2, 0) is 6.54 Å². The topological polar surface area (TPSA) is 86.0 Å². The Morgan fingerprint density at radius 2 is 1.94 bits per heavy atom. The lowest BCUT2D eigenvalue weighted by Crippen LogP contribution is -2.43. The Labute approximate surface area is 107 Å². The lowest BCUT2D eigenvalue weighted by Gasteiger charge is -2.09. The van der Waals surface area contributed by atoms with Gasteiger partial charge in [-0.15, -0.1) is 0 Å². The summed E-state index contributed by atoms with van der Waals surface area (Å²) in [5.74, 6) is -0.671. The molecule has 1 heterocycles. The summed E-state index contributed by atoms with van der Waals surface area (Å²) in [7, 11) is 1.46. The molecule has 0 fully saturated rings. The fourth-order valence-corrected chi connectivity index (χ4v) is 1.91. The molecule has 102 valence electrons. The molecule has 0 aliphatic rings. The van der Waals surface area contributed by atoms with Gasteiger partial charge < -0.3 is 5.32 Å². The highest BCUT2D eigenvalue weighted by Crippen LogP contribution is 2.06. The molecule has 18 heavy (non-hydrogen) atoms. The predicted octanol–water partition coefficient (Wildman–Crippen LogP) is -0.118. The van der Waals surface area contributed by atoms with Gasteiger partial charge in [0.2, 0.25) is 5.82 Å². The lowest BCUT2D eigenvalue weighted by molar-refractivity contribution is 0.0949. The Hall–Kier alpha value is -1.49. The zero-order chi connectivity index (χ0) is 14.3. The fraction of sp³-hybridized carbons (Fsp3) is 0.600. The predicted molar refractivity (Wildman–Crippen MR) is 72.8 cm³/mol. The van der Waals surface area contributed by atoms with E-state index in [1.807, 2.05) is 13.8 Å². The third-order valence-electron chi connectivity index (χ3n) is 2.04. The summed E-state index contributed by atoms with van der Waals surface area (Å²) in [6, 6.07) is 0. The van der Waals surface area contributed by atoms with Gasteiger partial charge in [0.05, 0.1) is 0 Å². The maximum Gasteiger partial charge on any atom is 0.353 e. The standard InChI is InChI=1S/C8H13N4O3P.C2H6/c1-4-11-7(14)10-5(6(13)9-2)12(16-3)8(11)15;1-2/h16H,4H2,1-3H3,(H,9,13);1-2H3. The summed E-state index contributed by atoms with van der Waals surface area (Å²) in [5.41, 5.74) is -1.19. The van der Waals surface area contributed by atoms with Crippen LogP contribution in [0.5, 0.6) is 0 Å². The minimum atomic E-state index is -0.694. The first kappa shape index (κ1) is 16.5. The Balaban J connectivity index is 0.00000137. The van der Waals surface area contributed by atoms with Crippen molar-refractivity contribution >= 4 is 14.6 Å². The molecule has 1 aromatic rings. The maximum absolute atomic E-state index is 11.8. The summed E-state index contributed by atoms with van der Waals surface area (Å²) in [6.45, 7) is 7.65. The van der Waals surface area contributed by atoms with E-state index in [0.29, 0.717) is 0 Å². The van der Waals surface area contributed by atoms with E-state index in [0.717, 1.165) is 4.57 Å². The van der Waals surface area contributed by atoms with E-state index >= 15 is 0 Å². The van der Waals surface area contributed by atoms with Crippen LogP contribution < -0.4 is 16.7 Å². The Kier molecular flexibility index (Phi) is 7.12. The molecule has 8 heteroatoms. The number of carbonyl (C=O) groups excluding carboxylic acids is 1.